The molecule has 0 aliphatic carbocycles. The van der Waals surface area contributed by atoms with Gasteiger partial charge in [-0.15, -0.1) is 11.8 Å². The summed E-state index contributed by atoms with van der Waals surface area (Å²) in [7, 11) is 0. The number of anilines is 2. The lowest BCUT2D eigenvalue weighted by molar-refractivity contribution is -0.114. The molecule has 3 N–H and O–H groups in total. The van der Waals surface area contributed by atoms with Crippen molar-refractivity contribution in [2.24, 2.45) is 0 Å². The summed E-state index contributed by atoms with van der Waals surface area (Å²) in [6.07, 6.45) is 1.66. The lowest BCUT2D eigenvalue weighted by Crippen LogP contribution is -2.30. The van der Waals surface area contributed by atoms with Crippen LogP contribution in [-0.4, -0.2) is 23.5 Å². The molecule has 0 atom stereocenters. The highest BCUT2D eigenvalue weighted by atomic mass is 32.2. The second-order valence-corrected chi connectivity index (χ2v) is 11.3. The Kier molecular flexibility index (Phi) is 10.3. The van der Waals surface area contributed by atoms with E-state index < -0.39 is 5.91 Å². The largest absolute Gasteiger partial charge is 0.325 e. The molecule has 0 spiro atoms. The Balaban J connectivity index is 1.47. The summed E-state index contributed by atoms with van der Waals surface area (Å²) in [5.74, 6) is -0.344. The Hall–Kier alpha value is -4.62. The van der Waals surface area contributed by atoms with Crippen LogP contribution in [0, 0.1) is 13.8 Å². The lowest BCUT2D eigenvalue weighted by Gasteiger charge is -2.13. The number of carbonyl (C=O) groups excluding carboxylic acids is 3. The molecule has 0 saturated carbocycles. The first kappa shape index (κ1) is 30.3. The maximum atomic E-state index is 13.4. The molecule has 6 nitrogen and oxygen atoms in total. The van der Waals surface area contributed by atoms with Crippen molar-refractivity contribution >= 4 is 46.9 Å². The van der Waals surface area contributed by atoms with Gasteiger partial charge < -0.3 is 16.0 Å². The van der Waals surface area contributed by atoms with Gasteiger partial charge in [-0.2, -0.15) is 0 Å². The van der Waals surface area contributed by atoms with Crippen molar-refractivity contribution in [1.29, 1.82) is 0 Å². The Morgan fingerprint density at radius 3 is 2.12 bits per heavy atom. The van der Waals surface area contributed by atoms with Gasteiger partial charge in [0.05, 0.1) is 5.75 Å². The van der Waals surface area contributed by atoms with E-state index in [1.165, 1.54) is 17.3 Å². The predicted octanol–water partition coefficient (Wildman–Crippen LogP) is 7.57. The van der Waals surface area contributed by atoms with Gasteiger partial charge in [-0.3, -0.25) is 14.4 Å². The van der Waals surface area contributed by atoms with Gasteiger partial charge in [-0.25, -0.2) is 0 Å². The fraction of sp³-hybridized carbons (Fsp3) is 0.171. The molecule has 4 aromatic carbocycles. The Labute approximate surface area is 251 Å². The van der Waals surface area contributed by atoms with Crippen molar-refractivity contribution in [3.63, 3.8) is 0 Å². The molecule has 0 fully saturated rings. The normalized spacial score (nSPS) is 11.2. The fourth-order valence-corrected chi connectivity index (χ4v) is 5.04. The topological polar surface area (TPSA) is 87.3 Å². The molecule has 0 aromatic heterocycles. The van der Waals surface area contributed by atoms with Gasteiger partial charge in [-0.1, -0.05) is 80.6 Å². The second-order valence-electron chi connectivity index (χ2n) is 10.3. The number of rotatable bonds is 10. The van der Waals surface area contributed by atoms with E-state index in [0.717, 1.165) is 27.3 Å². The average molecular weight is 578 g/mol. The van der Waals surface area contributed by atoms with Crippen LogP contribution < -0.4 is 16.0 Å². The molecule has 0 radical (unpaired) electrons. The first-order valence-corrected chi connectivity index (χ1v) is 14.8. The summed E-state index contributed by atoms with van der Waals surface area (Å²) in [6.45, 7) is 8.17. The molecule has 0 saturated heterocycles. The quantitative estimate of drug-likeness (QED) is 0.134. The van der Waals surface area contributed by atoms with Crippen LogP contribution >= 0.6 is 11.8 Å². The Bertz CT molecular complexity index is 1580. The van der Waals surface area contributed by atoms with E-state index in [2.05, 4.69) is 29.8 Å². The number of hydrogen-bond donors (Lipinski definition) is 3. The molecule has 4 aromatic rings. The van der Waals surface area contributed by atoms with E-state index in [-0.39, 0.29) is 23.3 Å². The van der Waals surface area contributed by atoms with Gasteiger partial charge in [0.2, 0.25) is 5.91 Å². The maximum absolute atomic E-state index is 13.4. The molecular formula is C35H35N3O3S. The number of carbonyl (C=O) groups is 3. The third kappa shape index (κ3) is 8.44. The molecule has 7 heteroatoms. The molecule has 0 bridgehead atoms. The van der Waals surface area contributed by atoms with Crippen LogP contribution in [0.3, 0.4) is 0 Å². The Morgan fingerprint density at radius 1 is 0.786 bits per heavy atom. The highest BCUT2D eigenvalue weighted by Gasteiger charge is 2.16. The van der Waals surface area contributed by atoms with Crippen LogP contribution in [0.4, 0.5) is 11.4 Å². The van der Waals surface area contributed by atoms with Gasteiger partial charge in [-0.05, 0) is 78.4 Å². The van der Waals surface area contributed by atoms with Crippen molar-refractivity contribution in [3.8, 4) is 0 Å². The molecule has 4 rings (SSSR count). The maximum Gasteiger partial charge on any atom is 0.272 e. The van der Waals surface area contributed by atoms with Crippen LogP contribution in [0.5, 0.6) is 0 Å². The van der Waals surface area contributed by atoms with Crippen molar-refractivity contribution in [1.82, 2.24) is 5.32 Å². The third-order valence-electron chi connectivity index (χ3n) is 6.65. The van der Waals surface area contributed by atoms with Crippen molar-refractivity contribution < 1.29 is 14.4 Å². The molecule has 0 aliphatic rings. The minimum Gasteiger partial charge on any atom is -0.325 e. The van der Waals surface area contributed by atoms with Crippen LogP contribution in [0.1, 0.15) is 52.4 Å². The molecule has 0 aliphatic heterocycles. The number of nitrogens with one attached hydrogen (secondary N) is 3. The summed E-state index contributed by atoms with van der Waals surface area (Å²) in [4.78, 5) is 39.9. The van der Waals surface area contributed by atoms with Crippen LogP contribution in [-0.2, 0) is 9.59 Å². The third-order valence-corrected chi connectivity index (χ3v) is 7.64. The van der Waals surface area contributed by atoms with Gasteiger partial charge >= 0.3 is 0 Å². The number of amides is 3. The zero-order chi connectivity index (χ0) is 30.1. The summed E-state index contributed by atoms with van der Waals surface area (Å²) in [5, 5.41) is 8.67. The summed E-state index contributed by atoms with van der Waals surface area (Å²) in [5.41, 5.74) is 5.95. The highest BCUT2D eigenvalue weighted by Crippen LogP contribution is 2.24. The van der Waals surface area contributed by atoms with Crippen LogP contribution in [0.25, 0.3) is 6.08 Å². The second kappa shape index (κ2) is 14.3. The molecule has 214 valence electrons. The van der Waals surface area contributed by atoms with Gasteiger partial charge in [0.25, 0.3) is 11.8 Å². The van der Waals surface area contributed by atoms with Crippen molar-refractivity contribution in [3.05, 3.63) is 131 Å². The Morgan fingerprint density at radius 2 is 1.45 bits per heavy atom. The van der Waals surface area contributed by atoms with E-state index in [1.54, 1.807) is 36.4 Å². The van der Waals surface area contributed by atoms with E-state index in [1.807, 2.05) is 80.6 Å². The minimum atomic E-state index is -0.456. The SMILES string of the molecule is Cc1cccc(C)c1NC(=O)CSc1cccc(NC(=O)/C(=C\c2ccc(C(C)C)cc2)NC(=O)c2ccccc2)c1. The molecule has 42 heavy (non-hydrogen) atoms. The van der Waals surface area contributed by atoms with E-state index >= 15 is 0 Å². The average Bonchev–Trinajstić information content (AvgIpc) is 2.98. The van der Waals surface area contributed by atoms with E-state index in [0.29, 0.717) is 17.2 Å². The van der Waals surface area contributed by atoms with Crippen LogP contribution in [0.2, 0.25) is 0 Å². The lowest BCUT2D eigenvalue weighted by atomic mass is 10.0. The standard InChI is InChI=1S/C35H35N3O3S/c1-23(2)27-18-16-26(17-19-27)20-31(37-34(40)28-12-6-5-7-13-28)35(41)36-29-14-9-15-30(21-29)42-22-32(39)38-33-24(3)10-8-11-25(33)4/h5-21,23H,22H2,1-4H3,(H,36,41)(H,37,40)(H,38,39)/b31-20+. The van der Waals surface area contributed by atoms with Crippen molar-refractivity contribution in [2.75, 3.05) is 16.4 Å². The fourth-order valence-electron chi connectivity index (χ4n) is 4.28. The first-order chi connectivity index (χ1) is 20.2. The van der Waals surface area contributed by atoms with E-state index in [4.69, 9.17) is 0 Å². The number of aryl methyl sites for hydroxylation is 2. The monoisotopic (exact) mass is 577 g/mol. The summed E-state index contributed by atoms with van der Waals surface area (Å²) >= 11 is 1.38. The molecule has 0 unspecified atom stereocenters. The minimum absolute atomic E-state index is 0.107. The highest BCUT2D eigenvalue weighted by molar-refractivity contribution is 8.00. The molecule has 3 amide bonds. The van der Waals surface area contributed by atoms with Gasteiger partial charge in [0.1, 0.15) is 5.70 Å². The summed E-state index contributed by atoms with van der Waals surface area (Å²) < 4.78 is 0. The van der Waals surface area contributed by atoms with Crippen molar-refractivity contribution in [2.45, 2.75) is 38.5 Å². The summed E-state index contributed by atoms with van der Waals surface area (Å²) in [6, 6.07) is 29.8. The molecular weight excluding hydrogens is 542 g/mol. The number of benzene rings is 4. The van der Waals surface area contributed by atoms with Crippen LogP contribution in [0.15, 0.2) is 108 Å². The van der Waals surface area contributed by atoms with Gasteiger partial charge in [0.15, 0.2) is 0 Å². The predicted molar refractivity (Wildman–Crippen MR) is 173 cm³/mol. The first-order valence-electron chi connectivity index (χ1n) is 13.8. The number of para-hydroxylation sites is 1. The number of thioether (sulfide) groups is 1. The molecule has 0 heterocycles. The van der Waals surface area contributed by atoms with E-state index in [9.17, 15) is 14.4 Å². The zero-order valence-corrected chi connectivity index (χ0v) is 25.0. The smallest absolute Gasteiger partial charge is 0.272 e. The van der Waals surface area contributed by atoms with Gasteiger partial charge in [0, 0.05) is 21.8 Å². The zero-order valence-electron chi connectivity index (χ0n) is 24.2. The number of hydrogen-bond acceptors (Lipinski definition) is 4.